The molecule has 156 valence electrons. The Balaban J connectivity index is 1.67. The van der Waals surface area contributed by atoms with Crippen LogP contribution in [0.3, 0.4) is 0 Å². The van der Waals surface area contributed by atoms with Crippen LogP contribution in [0.5, 0.6) is 0 Å². The number of rotatable bonds is 6. The summed E-state index contributed by atoms with van der Waals surface area (Å²) < 4.78 is 1.70. The molecule has 8 heteroatoms. The fourth-order valence-electron chi connectivity index (χ4n) is 3.17. The second-order valence-electron chi connectivity index (χ2n) is 7.12. The van der Waals surface area contributed by atoms with Crippen molar-refractivity contribution in [1.82, 2.24) is 25.0 Å². The van der Waals surface area contributed by atoms with E-state index in [1.165, 1.54) is 11.8 Å². The molecule has 0 aliphatic carbocycles. The first-order valence-electron chi connectivity index (χ1n) is 9.83. The van der Waals surface area contributed by atoms with Gasteiger partial charge in [-0.15, -0.1) is 5.10 Å². The highest BCUT2D eigenvalue weighted by Gasteiger charge is 2.22. The number of hydrogen-bond acceptors (Lipinski definition) is 6. The van der Waals surface area contributed by atoms with E-state index in [4.69, 9.17) is 0 Å². The summed E-state index contributed by atoms with van der Waals surface area (Å²) in [5.41, 5.74) is 5.34. The summed E-state index contributed by atoms with van der Waals surface area (Å²) in [5.74, 6) is 0.148. The van der Waals surface area contributed by atoms with Crippen LogP contribution in [0.2, 0.25) is 0 Å². The predicted octanol–water partition coefficient (Wildman–Crippen LogP) is 4.53. The number of nitrogens with one attached hydrogen (secondary N) is 1. The minimum Gasteiger partial charge on any atom is -0.320 e. The molecule has 0 saturated carbocycles. The molecule has 0 radical (unpaired) electrons. The van der Waals surface area contributed by atoms with Crippen LogP contribution in [-0.4, -0.2) is 30.9 Å². The Labute approximate surface area is 184 Å². The van der Waals surface area contributed by atoms with Crippen molar-refractivity contribution in [3.05, 3.63) is 89.0 Å². The van der Waals surface area contributed by atoms with Crippen LogP contribution in [0, 0.1) is 20.8 Å². The van der Waals surface area contributed by atoms with Crippen LogP contribution >= 0.6 is 11.8 Å². The molecular weight excluding hydrogens is 408 g/mol. The molecule has 1 amide bonds. The van der Waals surface area contributed by atoms with Gasteiger partial charge in [-0.05, 0) is 50.6 Å². The fraction of sp³-hybridized carbons (Fsp3) is 0.174. The lowest BCUT2D eigenvalue weighted by Crippen LogP contribution is -2.16. The molecule has 0 bridgehead atoms. The van der Waals surface area contributed by atoms with E-state index in [0.29, 0.717) is 16.6 Å². The molecule has 2 aromatic carbocycles. The van der Waals surface area contributed by atoms with Crippen molar-refractivity contribution in [2.45, 2.75) is 31.7 Å². The summed E-state index contributed by atoms with van der Waals surface area (Å²) in [4.78, 5) is 22.1. The summed E-state index contributed by atoms with van der Waals surface area (Å²) in [7, 11) is 0. The van der Waals surface area contributed by atoms with Crippen molar-refractivity contribution in [3.63, 3.8) is 0 Å². The molecule has 0 spiro atoms. The van der Waals surface area contributed by atoms with E-state index in [2.05, 4.69) is 25.6 Å². The maximum absolute atomic E-state index is 13.1. The van der Waals surface area contributed by atoms with Gasteiger partial charge in [0.2, 0.25) is 0 Å². The van der Waals surface area contributed by atoms with Crippen LogP contribution in [-0.2, 0) is 5.75 Å². The van der Waals surface area contributed by atoms with Crippen molar-refractivity contribution in [3.8, 4) is 5.69 Å². The van der Waals surface area contributed by atoms with Crippen molar-refractivity contribution in [2.75, 3.05) is 5.32 Å². The molecule has 2 heterocycles. The Hall–Kier alpha value is -3.52. The maximum atomic E-state index is 13.1. The van der Waals surface area contributed by atoms with Gasteiger partial charge in [0.25, 0.3) is 5.91 Å². The van der Waals surface area contributed by atoms with E-state index in [1.807, 2.05) is 81.4 Å². The maximum Gasteiger partial charge on any atom is 0.278 e. The number of hydrogen-bond donors (Lipinski definition) is 1. The Morgan fingerprint density at radius 2 is 1.65 bits per heavy atom. The van der Waals surface area contributed by atoms with E-state index in [9.17, 15) is 4.79 Å². The zero-order valence-electron chi connectivity index (χ0n) is 17.5. The molecule has 0 saturated heterocycles. The monoisotopic (exact) mass is 430 g/mol. The highest BCUT2D eigenvalue weighted by molar-refractivity contribution is 7.98. The quantitative estimate of drug-likeness (QED) is 0.357. The molecule has 0 fully saturated rings. The molecule has 0 atom stereocenters. The number of carbonyl (C=O) groups excluding carboxylic acids is 1. The smallest absolute Gasteiger partial charge is 0.278 e. The average Bonchev–Trinajstić information content (AvgIpc) is 3.18. The molecule has 4 aromatic rings. The summed E-state index contributed by atoms with van der Waals surface area (Å²) in [6.07, 6.45) is 0. The highest BCUT2D eigenvalue weighted by atomic mass is 32.2. The molecule has 0 aliphatic heterocycles. The second-order valence-corrected chi connectivity index (χ2v) is 8.07. The van der Waals surface area contributed by atoms with Gasteiger partial charge >= 0.3 is 0 Å². The summed E-state index contributed by atoms with van der Waals surface area (Å²) in [6, 6.07) is 19.2. The summed E-state index contributed by atoms with van der Waals surface area (Å²) in [5, 5.41) is 12.1. The van der Waals surface area contributed by atoms with Crippen molar-refractivity contribution in [1.29, 1.82) is 0 Å². The van der Waals surface area contributed by atoms with Crippen LogP contribution < -0.4 is 5.32 Å². The fourth-order valence-corrected chi connectivity index (χ4v) is 4.11. The van der Waals surface area contributed by atoms with Gasteiger partial charge in [0, 0.05) is 22.8 Å². The van der Waals surface area contributed by atoms with Gasteiger partial charge < -0.3 is 5.32 Å². The molecule has 31 heavy (non-hydrogen) atoms. The largest absolute Gasteiger partial charge is 0.320 e. The molecule has 0 aliphatic rings. The van der Waals surface area contributed by atoms with Gasteiger partial charge in [-0.2, -0.15) is 0 Å². The number of nitrogens with zero attached hydrogens (tertiary/aromatic N) is 5. The van der Waals surface area contributed by atoms with Crippen molar-refractivity contribution < 1.29 is 4.79 Å². The Morgan fingerprint density at radius 1 is 0.968 bits per heavy atom. The third kappa shape index (κ3) is 4.80. The Kier molecular flexibility index (Phi) is 6.08. The normalized spacial score (nSPS) is 10.8. The number of para-hydroxylation sites is 2. The molecule has 4 rings (SSSR count). The summed E-state index contributed by atoms with van der Waals surface area (Å²) in [6.45, 7) is 5.83. The zero-order valence-corrected chi connectivity index (χ0v) is 18.3. The minimum absolute atomic E-state index is 0.281. The number of anilines is 1. The standard InChI is InChI=1S/C23H22N6OS/c1-15-9-7-8-12-19(15)26-22(30)21-20(14-31-23-24-16(2)13-17(3)25-23)29(28-27-21)18-10-5-4-6-11-18/h4-13H,14H2,1-3H3,(H,26,30). The lowest BCUT2D eigenvalue weighted by atomic mass is 10.2. The summed E-state index contributed by atoms with van der Waals surface area (Å²) >= 11 is 1.45. The van der Waals surface area contributed by atoms with Crippen LogP contribution in [0.1, 0.15) is 33.1 Å². The number of aromatic nitrogens is 5. The van der Waals surface area contributed by atoms with Gasteiger partial charge in [-0.3, -0.25) is 4.79 Å². The molecule has 2 aromatic heterocycles. The number of amides is 1. The van der Waals surface area contributed by atoms with Crippen molar-refractivity contribution >= 4 is 23.4 Å². The van der Waals surface area contributed by atoms with Crippen LogP contribution in [0.4, 0.5) is 5.69 Å². The topological polar surface area (TPSA) is 85.6 Å². The first kappa shape index (κ1) is 20.7. The van der Waals surface area contributed by atoms with E-state index >= 15 is 0 Å². The Bertz CT molecular complexity index is 1200. The lowest BCUT2D eigenvalue weighted by Gasteiger charge is -2.10. The average molecular weight is 431 g/mol. The number of thioether (sulfide) groups is 1. The molecule has 1 N–H and O–H groups in total. The predicted molar refractivity (Wildman–Crippen MR) is 122 cm³/mol. The van der Waals surface area contributed by atoms with Gasteiger partial charge in [0.1, 0.15) is 0 Å². The molecule has 0 unspecified atom stereocenters. The van der Waals surface area contributed by atoms with Crippen LogP contribution in [0.15, 0.2) is 65.8 Å². The first-order chi connectivity index (χ1) is 15.0. The Morgan fingerprint density at radius 3 is 2.35 bits per heavy atom. The van der Waals surface area contributed by atoms with Gasteiger partial charge in [-0.1, -0.05) is 53.4 Å². The van der Waals surface area contributed by atoms with Gasteiger partial charge in [-0.25, -0.2) is 14.6 Å². The van der Waals surface area contributed by atoms with Crippen LogP contribution in [0.25, 0.3) is 5.69 Å². The number of aryl methyl sites for hydroxylation is 3. The van der Waals surface area contributed by atoms with Gasteiger partial charge in [0.05, 0.1) is 11.4 Å². The SMILES string of the molecule is Cc1cc(C)nc(SCc2c(C(=O)Nc3ccccc3C)nnn2-c2ccccc2)n1. The van der Waals surface area contributed by atoms with Gasteiger partial charge in [0.15, 0.2) is 10.9 Å². The number of benzene rings is 2. The lowest BCUT2D eigenvalue weighted by molar-refractivity contribution is 0.102. The number of carbonyl (C=O) groups is 1. The third-order valence-electron chi connectivity index (χ3n) is 4.67. The van der Waals surface area contributed by atoms with E-state index in [1.54, 1.807) is 4.68 Å². The first-order valence-corrected chi connectivity index (χ1v) is 10.8. The van der Waals surface area contributed by atoms with E-state index < -0.39 is 0 Å². The molecule has 7 nitrogen and oxygen atoms in total. The van der Waals surface area contributed by atoms with E-state index in [-0.39, 0.29) is 11.6 Å². The van der Waals surface area contributed by atoms with E-state index in [0.717, 1.165) is 28.3 Å². The second kappa shape index (κ2) is 9.09. The van der Waals surface area contributed by atoms with Crippen molar-refractivity contribution in [2.24, 2.45) is 0 Å². The zero-order chi connectivity index (χ0) is 21.8. The molecular formula is C23H22N6OS. The third-order valence-corrected chi connectivity index (χ3v) is 5.53. The minimum atomic E-state index is -0.298. The highest BCUT2D eigenvalue weighted by Crippen LogP contribution is 2.24.